The Balaban J connectivity index is 1.21. The molecule has 0 saturated carbocycles. The maximum atomic E-state index is 16.2. The molecule has 256 valence electrons. The van der Waals surface area contributed by atoms with E-state index < -0.39 is 75.9 Å². The Kier molecular flexibility index (Phi) is 8.48. The standard InChI is InChI=1S/C24H24F2N8O10P2S2/c25-13-17-11-5-39-46(36,48)44-18-12(6-40-45(35,47)43-17)42-24(14(18)26)34-10-32-16-20(34)28-8-30-22(16)38-4-2-1-3-37-21-15-19(27-7-29-21)33(9-31-15)23(13)41-11/h1-2,7-14,17-18,23-24H,3-6H2,(H,35,47)(H,36,48)/b2-1+/t11-,12-,13-,14-,17-,18-,23-,24?,45?,46?/m1/s1. The van der Waals surface area contributed by atoms with Gasteiger partial charge in [-0.3, -0.25) is 22.7 Å². The molecule has 0 aliphatic carbocycles. The third kappa shape index (κ3) is 5.91. The van der Waals surface area contributed by atoms with Crippen molar-refractivity contribution >= 4 is 59.9 Å². The van der Waals surface area contributed by atoms with E-state index >= 15 is 8.78 Å². The van der Waals surface area contributed by atoms with Gasteiger partial charge in [-0.05, 0) is 24.0 Å². The number of fused-ring (bicyclic) bond motifs is 10. The number of hydrogen-bond acceptors (Lipinski definition) is 16. The minimum Gasteiger partial charge on any atom is -0.472 e. The molecule has 0 spiro atoms. The van der Waals surface area contributed by atoms with Crippen LogP contribution in [0.25, 0.3) is 22.3 Å². The van der Waals surface area contributed by atoms with Crippen LogP contribution in [-0.2, 0) is 43.9 Å². The summed E-state index contributed by atoms with van der Waals surface area (Å²) >= 11 is 9.25. The van der Waals surface area contributed by atoms with E-state index in [1.54, 1.807) is 12.2 Å². The summed E-state index contributed by atoms with van der Waals surface area (Å²) in [4.78, 5) is 36.3. The maximum absolute atomic E-state index is 16.2. The zero-order chi connectivity index (χ0) is 33.2. The molecule has 0 radical (unpaired) electrons. The first-order valence-corrected chi connectivity index (χ1v) is 19.5. The zero-order valence-electron chi connectivity index (χ0n) is 24.1. The summed E-state index contributed by atoms with van der Waals surface area (Å²) in [6.07, 6.45) is -4.53. The molecule has 5 aliphatic rings. The summed E-state index contributed by atoms with van der Waals surface area (Å²) in [6, 6.07) is 0. The van der Waals surface area contributed by atoms with Crippen LogP contribution >= 0.6 is 25.8 Å². The molecular formula is C24H24F2N8O10P2S2. The summed E-state index contributed by atoms with van der Waals surface area (Å²) < 4.78 is 94.0. The van der Waals surface area contributed by atoms with Gasteiger partial charge < -0.3 is 28.4 Å². The molecule has 10 atom stereocenters. The highest BCUT2D eigenvalue weighted by molar-refractivity contribution is 8.44. The second-order valence-corrected chi connectivity index (χ2v) is 16.5. The zero-order valence-corrected chi connectivity index (χ0v) is 27.6. The number of halogens is 2. The van der Waals surface area contributed by atoms with Crippen molar-refractivity contribution in [1.29, 1.82) is 0 Å². The Morgan fingerprint density at radius 3 is 1.83 bits per heavy atom. The molecule has 14 bridgehead atoms. The van der Waals surface area contributed by atoms with Crippen LogP contribution in [0.3, 0.4) is 0 Å². The van der Waals surface area contributed by atoms with Crippen LogP contribution < -0.4 is 9.47 Å². The summed E-state index contributed by atoms with van der Waals surface area (Å²) in [6.45, 7) is -9.79. The van der Waals surface area contributed by atoms with Crippen LogP contribution in [-0.4, -0.2) is 107 Å². The van der Waals surface area contributed by atoms with Crippen LogP contribution in [0, 0.1) is 0 Å². The van der Waals surface area contributed by atoms with Gasteiger partial charge in [0.1, 0.15) is 50.3 Å². The molecule has 3 unspecified atom stereocenters. The normalized spacial score (nSPS) is 38.0. The van der Waals surface area contributed by atoms with Gasteiger partial charge in [-0.25, -0.2) is 33.3 Å². The monoisotopic (exact) mass is 748 g/mol. The SMILES string of the molecule is O=P1(S)OC[C@H]2OC3[C@H](F)[C@@H]2OP(O)(=S)OC[C@H]2O[C@H]([C@H](F)[C@@H]2O1)n1cnc2c(ncnc21)OC/C=C/COc1ncnc2c1ncn23. The van der Waals surface area contributed by atoms with Crippen LogP contribution in [0.15, 0.2) is 37.5 Å². The van der Waals surface area contributed by atoms with Gasteiger partial charge in [0.05, 0.1) is 25.9 Å². The Morgan fingerprint density at radius 1 is 0.792 bits per heavy atom. The first kappa shape index (κ1) is 32.5. The van der Waals surface area contributed by atoms with E-state index in [4.69, 9.17) is 48.8 Å². The lowest BCUT2D eigenvalue weighted by atomic mass is 10.1. The van der Waals surface area contributed by atoms with Crippen molar-refractivity contribution in [2.24, 2.45) is 0 Å². The van der Waals surface area contributed by atoms with Gasteiger partial charge in [-0.15, -0.1) is 0 Å². The summed E-state index contributed by atoms with van der Waals surface area (Å²) in [5, 5.41) is 0. The van der Waals surface area contributed by atoms with Crippen molar-refractivity contribution in [2.45, 2.75) is 49.2 Å². The third-order valence-corrected chi connectivity index (χ3v) is 11.0. The molecule has 3 fully saturated rings. The molecule has 1 N–H and O–H groups in total. The number of hydrogen-bond donors (Lipinski definition) is 2. The number of aromatic nitrogens is 8. The molecule has 0 amide bonds. The van der Waals surface area contributed by atoms with Crippen molar-refractivity contribution in [1.82, 2.24) is 39.0 Å². The molecule has 24 heteroatoms. The summed E-state index contributed by atoms with van der Waals surface area (Å²) in [5.74, 6) is 0.212. The van der Waals surface area contributed by atoms with Crippen LogP contribution in [0.4, 0.5) is 8.78 Å². The molecule has 0 aromatic carbocycles. The second kappa shape index (κ2) is 12.5. The summed E-state index contributed by atoms with van der Waals surface area (Å²) in [7, 11) is 0. The Hall–Kier alpha value is -2.75. The molecule has 4 aromatic heterocycles. The van der Waals surface area contributed by atoms with Crippen molar-refractivity contribution in [3.63, 3.8) is 0 Å². The van der Waals surface area contributed by atoms with E-state index in [9.17, 15) is 9.46 Å². The van der Waals surface area contributed by atoms with Gasteiger partial charge in [-0.1, -0.05) is 12.2 Å². The van der Waals surface area contributed by atoms with Crippen molar-refractivity contribution < 1.29 is 55.3 Å². The lowest BCUT2D eigenvalue weighted by Gasteiger charge is -2.29. The fourth-order valence-corrected chi connectivity index (χ4v) is 8.61. The molecular weight excluding hydrogens is 724 g/mol. The predicted molar refractivity (Wildman–Crippen MR) is 163 cm³/mol. The molecule has 4 aromatic rings. The first-order chi connectivity index (χ1) is 23.1. The lowest BCUT2D eigenvalue weighted by molar-refractivity contribution is -0.0564. The Labute approximate surface area is 278 Å². The van der Waals surface area contributed by atoms with E-state index in [1.807, 2.05) is 0 Å². The lowest BCUT2D eigenvalue weighted by Crippen LogP contribution is -2.37. The van der Waals surface area contributed by atoms with Crippen molar-refractivity contribution in [3.8, 4) is 11.8 Å². The number of thiol groups is 1. The third-order valence-electron chi connectivity index (χ3n) is 7.85. The number of ether oxygens (including phenoxy) is 4. The van der Waals surface area contributed by atoms with E-state index in [0.717, 1.165) is 0 Å². The van der Waals surface area contributed by atoms with Gasteiger partial charge in [0.15, 0.2) is 47.1 Å². The number of nitrogens with zero attached hydrogens (tertiary/aromatic N) is 8. The minimum atomic E-state index is -4.39. The van der Waals surface area contributed by atoms with E-state index in [2.05, 4.69) is 42.2 Å². The average Bonchev–Trinajstić information content (AvgIpc) is 3.81. The van der Waals surface area contributed by atoms with E-state index in [1.165, 1.54) is 34.4 Å². The quantitative estimate of drug-likeness (QED) is 0.151. The first-order valence-electron chi connectivity index (χ1n) is 14.2. The molecule has 3 saturated heterocycles. The molecule has 48 heavy (non-hydrogen) atoms. The topological polar surface area (TPSA) is 198 Å². The molecule has 18 nitrogen and oxygen atoms in total. The van der Waals surface area contributed by atoms with Crippen LogP contribution in [0.2, 0.25) is 0 Å². The molecule has 5 aliphatic heterocycles. The average molecular weight is 749 g/mol. The van der Waals surface area contributed by atoms with E-state index in [-0.39, 0.29) is 47.3 Å². The van der Waals surface area contributed by atoms with Crippen molar-refractivity contribution in [3.05, 3.63) is 37.5 Å². The number of alkyl halides is 2. The highest BCUT2D eigenvalue weighted by atomic mass is 32.7. The second-order valence-electron chi connectivity index (χ2n) is 10.8. The fourth-order valence-electron chi connectivity index (χ4n) is 5.69. The Morgan fingerprint density at radius 2 is 1.29 bits per heavy atom. The maximum Gasteiger partial charge on any atom is 0.386 e. The van der Waals surface area contributed by atoms with Crippen molar-refractivity contribution in [2.75, 3.05) is 26.4 Å². The van der Waals surface area contributed by atoms with E-state index in [0.29, 0.717) is 0 Å². The van der Waals surface area contributed by atoms with Crippen LogP contribution in [0.5, 0.6) is 11.8 Å². The smallest absolute Gasteiger partial charge is 0.386 e. The number of imidazole rings is 2. The van der Waals surface area contributed by atoms with Gasteiger partial charge in [0.2, 0.25) is 11.8 Å². The highest BCUT2D eigenvalue weighted by Gasteiger charge is 2.54. The summed E-state index contributed by atoms with van der Waals surface area (Å²) in [5.41, 5.74) is 0.692. The van der Waals surface area contributed by atoms with Crippen LogP contribution in [0.1, 0.15) is 12.5 Å². The van der Waals surface area contributed by atoms with Gasteiger partial charge >= 0.3 is 13.5 Å². The highest BCUT2D eigenvalue weighted by Crippen LogP contribution is 2.58. The molecule has 9 rings (SSSR count). The largest absolute Gasteiger partial charge is 0.472 e. The fraction of sp³-hybridized carbons (Fsp3) is 0.500. The minimum absolute atomic E-state index is 0.0583. The predicted octanol–water partition coefficient (Wildman–Crippen LogP) is 2.54. The van der Waals surface area contributed by atoms with Gasteiger partial charge in [0.25, 0.3) is 0 Å². The Bertz CT molecular complexity index is 1860. The van der Waals surface area contributed by atoms with Gasteiger partial charge in [0, 0.05) is 0 Å². The van der Waals surface area contributed by atoms with Gasteiger partial charge in [-0.2, -0.15) is 9.97 Å². The molecule has 9 heterocycles. The number of rotatable bonds is 0.